The molecule has 0 amide bonds. The molecular formula is C12H14O2. The van der Waals surface area contributed by atoms with Crippen molar-refractivity contribution in [3.63, 3.8) is 0 Å². The Labute approximate surface area is 84.1 Å². The molecule has 2 aliphatic rings. The van der Waals surface area contributed by atoms with Crippen LogP contribution in [0.4, 0.5) is 0 Å². The predicted octanol–water partition coefficient (Wildman–Crippen LogP) is 1.73. The summed E-state index contributed by atoms with van der Waals surface area (Å²) in [5.41, 5.74) is -0.152. The lowest BCUT2D eigenvalue weighted by Gasteiger charge is -2.36. The first-order chi connectivity index (χ1) is 6.66. The van der Waals surface area contributed by atoms with Crippen LogP contribution in [0.5, 0.6) is 0 Å². The maximum Gasteiger partial charge on any atom is 0.133 e. The summed E-state index contributed by atoms with van der Waals surface area (Å²) in [6.07, 6.45) is 9.15. The van der Waals surface area contributed by atoms with Gasteiger partial charge in [-0.2, -0.15) is 0 Å². The number of carbonyl (C=O) groups is 2. The molecule has 0 heterocycles. The van der Waals surface area contributed by atoms with Crippen LogP contribution in [0.15, 0.2) is 0 Å². The van der Waals surface area contributed by atoms with Gasteiger partial charge in [-0.05, 0) is 17.8 Å². The Morgan fingerprint density at radius 3 is 2.79 bits per heavy atom. The highest BCUT2D eigenvalue weighted by Gasteiger charge is 2.49. The van der Waals surface area contributed by atoms with E-state index in [9.17, 15) is 9.59 Å². The van der Waals surface area contributed by atoms with Gasteiger partial charge in [0, 0.05) is 32.1 Å². The second-order valence-corrected chi connectivity index (χ2v) is 4.61. The molecule has 2 saturated carbocycles. The molecule has 0 unspecified atom stereocenters. The summed E-state index contributed by atoms with van der Waals surface area (Å²) in [6, 6.07) is 0. The van der Waals surface area contributed by atoms with Gasteiger partial charge in [-0.3, -0.25) is 9.59 Å². The third-order valence-corrected chi connectivity index (χ3v) is 3.66. The summed E-state index contributed by atoms with van der Waals surface area (Å²) in [5, 5.41) is 0. The van der Waals surface area contributed by atoms with Crippen molar-refractivity contribution in [2.75, 3.05) is 0 Å². The zero-order valence-corrected chi connectivity index (χ0v) is 8.21. The number of terminal acetylenes is 1. The van der Waals surface area contributed by atoms with Gasteiger partial charge in [0.2, 0.25) is 0 Å². The van der Waals surface area contributed by atoms with E-state index in [1.807, 2.05) is 0 Å². The summed E-state index contributed by atoms with van der Waals surface area (Å²) >= 11 is 0. The van der Waals surface area contributed by atoms with Crippen LogP contribution < -0.4 is 0 Å². The minimum atomic E-state index is -0.152. The monoisotopic (exact) mass is 190 g/mol. The van der Waals surface area contributed by atoms with E-state index in [1.165, 1.54) is 0 Å². The van der Waals surface area contributed by atoms with E-state index in [-0.39, 0.29) is 11.2 Å². The Bertz CT molecular complexity index is 322. The number of rotatable bonds is 1. The third kappa shape index (κ3) is 1.37. The van der Waals surface area contributed by atoms with Crippen LogP contribution in [0.1, 0.15) is 38.5 Å². The third-order valence-electron chi connectivity index (χ3n) is 3.66. The fraction of sp³-hybridized carbons (Fsp3) is 0.667. The summed E-state index contributed by atoms with van der Waals surface area (Å²) in [4.78, 5) is 22.8. The highest BCUT2D eigenvalue weighted by Crippen LogP contribution is 2.51. The molecule has 2 heteroatoms. The van der Waals surface area contributed by atoms with Gasteiger partial charge in [0.05, 0.1) is 0 Å². The van der Waals surface area contributed by atoms with Gasteiger partial charge >= 0.3 is 0 Å². The van der Waals surface area contributed by atoms with Crippen molar-refractivity contribution in [2.45, 2.75) is 38.5 Å². The molecule has 0 bridgehead atoms. The summed E-state index contributed by atoms with van der Waals surface area (Å²) < 4.78 is 0. The molecule has 0 saturated heterocycles. The minimum absolute atomic E-state index is 0.152. The Hall–Kier alpha value is -1.10. The lowest BCUT2D eigenvalue weighted by molar-refractivity contribution is -0.125. The fourth-order valence-electron chi connectivity index (χ4n) is 3.00. The van der Waals surface area contributed by atoms with Crippen LogP contribution in [-0.2, 0) is 9.59 Å². The number of hydrogen-bond acceptors (Lipinski definition) is 2. The number of Topliss-reactive ketones (excluding diaryl/α,β-unsaturated/α-hetero) is 2. The van der Waals surface area contributed by atoms with Gasteiger partial charge in [-0.25, -0.2) is 0 Å². The summed E-state index contributed by atoms with van der Waals surface area (Å²) in [5.74, 6) is 3.59. The van der Waals surface area contributed by atoms with Crippen molar-refractivity contribution in [2.24, 2.45) is 11.3 Å². The first-order valence-corrected chi connectivity index (χ1v) is 5.13. The van der Waals surface area contributed by atoms with Crippen molar-refractivity contribution in [1.29, 1.82) is 0 Å². The van der Waals surface area contributed by atoms with E-state index in [4.69, 9.17) is 6.42 Å². The number of hydrogen-bond donors (Lipinski definition) is 0. The largest absolute Gasteiger partial charge is 0.300 e. The second-order valence-electron chi connectivity index (χ2n) is 4.61. The van der Waals surface area contributed by atoms with E-state index in [1.54, 1.807) is 0 Å². The van der Waals surface area contributed by atoms with Crippen LogP contribution in [0.3, 0.4) is 0 Å². The van der Waals surface area contributed by atoms with Gasteiger partial charge in [0.15, 0.2) is 0 Å². The lowest BCUT2D eigenvalue weighted by Crippen LogP contribution is -2.33. The van der Waals surface area contributed by atoms with Crippen molar-refractivity contribution in [3.8, 4) is 12.3 Å². The van der Waals surface area contributed by atoms with Gasteiger partial charge < -0.3 is 0 Å². The average molecular weight is 190 g/mol. The Balaban J connectivity index is 2.26. The molecule has 0 aromatic heterocycles. The van der Waals surface area contributed by atoms with Crippen LogP contribution in [0, 0.1) is 23.7 Å². The van der Waals surface area contributed by atoms with Crippen molar-refractivity contribution in [1.82, 2.24) is 0 Å². The molecule has 0 N–H and O–H groups in total. The SMILES string of the molecule is C#CC[C@]12CC(=O)CC[C@H]1CC(=O)C2. The molecule has 2 aliphatic carbocycles. The van der Waals surface area contributed by atoms with Gasteiger partial charge in [0.25, 0.3) is 0 Å². The van der Waals surface area contributed by atoms with Gasteiger partial charge in [0.1, 0.15) is 11.6 Å². The lowest BCUT2D eigenvalue weighted by atomic mass is 9.66. The number of carbonyl (C=O) groups excluding carboxylic acids is 2. The summed E-state index contributed by atoms with van der Waals surface area (Å²) in [7, 11) is 0. The van der Waals surface area contributed by atoms with E-state index in [0.29, 0.717) is 43.8 Å². The van der Waals surface area contributed by atoms with E-state index in [2.05, 4.69) is 5.92 Å². The standard InChI is InChI=1S/C12H14O2/c1-2-5-12-7-10(13)4-3-9(12)6-11(14)8-12/h1,9H,3-8H2/t9-,12+/m0/s1. The molecule has 0 spiro atoms. The molecule has 14 heavy (non-hydrogen) atoms. The summed E-state index contributed by atoms with van der Waals surface area (Å²) in [6.45, 7) is 0. The maximum absolute atomic E-state index is 11.4. The quantitative estimate of drug-likeness (QED) is 0.590. The average Bonchev–Trinajstić information content (AvgIpc) is 2.40. The van der Waals surface area contributed by atoms with E-state index >= 15 is 0 Å². The van der Waals surface area contributed by atoms with Crippen LogP contribution in [0.2, 0.25) is 0 Å². The van der Waals surface area contributed by atoms with Gasteiger partial charge in [-0.1, -0.05) is 0 Å². The first-order valence-electron chi connectivity index (χ1n) is 5.13. The molecule has 2 atom stereocenters. The van der Waals surface area contributed by atoms with Gasteiger partial charge in [-0.15, -0.1) is 12.3 Å². The van der Waals surface area contributed by atoms with Crippen molar-refractivity contribution >= 4 is 11.6 Å². The van der Waals surface area contributed by atoms with Crippen LogP contribution in [-0.4, -0.2) is 11.6 Å². The smallest absolute Gasteiger partial charge is 0.133 e. The molecule has 0 radical (unpaired) electrons. The van der Waals surface area contributed by atoms with E-state index < -0.39 is 0 Å². The Morgan fingerprint density at radius 1 is 1.36 bits per heavy atom. The number of ketones is 2. The highest BCUT2D eigenvalue weighted by atomic mass is 16.1. The van der Waals surface area contributed by atoms with Crippen LogP contribution >= 0.6 is 0 Å². The fourth-order valence-corrected chi connectivity index (χ4v) is 3.00. The second kappa shape index (κ2) is 3.24. The zero-order valence-electron chi connectivity index (χ0n) is 8.21. The first kappa shape index (κ1) is 9.45. The Kier molecular flexibility index (Phi) is 2.19. The zero-order chi connectivity index (χ0) is 10.2. The normalized spacial score (nSPS) is 36.6. The topological polar surface area (TPSA) is 34.1 Å². The molecule has 0 aromatic carbocycles. The molecule has 0 aliphatic heterocycles. The predicted molar refractivity (Wildman–Crippen MR) is 52.5 cm³/mol. The number of fused-ring (bicyclic) bond motifs is 1. The van der Waals surface area contributed by atoms with Crippen molar-refractivity contribution < 1.29 is 9.59 Å². The van der Waals surface area contributed by atoms with E-state index in [0.717, 1.165) is 6.42 Å². The molecular weight excluding hydrogens is 176 g/mol. The maximum atomic E-state index is 11.4. The highest BCUT2D eigenvalue weighted by molar-refractivity contribution is 5.87. The molecule has 74 valence electrons. The molecule has 2 fully saturated rings. The van der Waals surface area contributed by atoms with Crippen molar-refractivity contribution in [3.05, 3.63) is 0 Å². The minimum Gasteiger partial charge on any atom is -0.300 e. The molecule has 2 nitrogen and oxygen atoms in total. The van der Waals surface area contributed by atoms with Crippen LogP contribution in [0.25, 0.3) is 0 Å². The Morgan fingerprint density at radius 2 is 2.07 bits per heavy atom. The molecule has 0 aromatic rings. The molecule has 2 rings (SSSR count).